The van der Waals surface area contributed by atoms with Gasteiger partial charge in [-0.05, 0) is 28.8 Å². The molecule has 1 amide bonds. The second kappa shape index (κ2) is 8.91. The van der Waals surface area contributed by atoms with E-state index in [1.165, 1.54) is 0 Å². The maximum absolute atomic E-state index is 12.4. The zero-order valence-electron chi connectivity index (χ0n) is 17.7. The molecule has 166 valence electrons. The fraction of sp³-hybridized carbons (Fsp3) is 0.167. The first-order valence-electron chi connectivity index (χ1n) is 10.6. The number of halogens is 1. The van der Waals surface area contributed by atoms with Crippen LogP contribution in [-0.2, 0) is 24.3 Å². The number of nitrogens with zero attached hydrogens (tertiary/aromatic N) is 5. The number of nitrogens with two attached hydrogens (primary N) is 1. The Balaban J connectivity index is 1.52. The van der Waals surface area contributed by atoms with Crippen LogP contribution < -0.4 is 16.0 Å². The summed E-state index contributed by atoms with van der Waals surface area (Å²) in [7, 11) is 0. The van der Waals surface area contributed by atoms with E-state index >= 15 is 0 Å². The quantitative estimate of drug-likeness (QED) is 0.458. The van der Waals surface area contributed by atoms with Crippen molar-refractivity contribution >= 4 is 29.3 Å². The molecule has 8 nitrogen and oxygen atoms in total. The average Bonchev–Trinajstić information content (AvgIpc) is 3.37. The molecule has 2 aromatic heterocycles. The van der Waals surface area contributed by atoms with Crippen molar-refractivity contribution in [3.05, 3.63) is 95.0 Å². The molecule has 1 aliphatic rings. The van der Waals surface area contributed by atoms with E-state index in [4.69, 9.17) is 22.3 Å². The number of primary amides is 1. The third-order valence-corrected chi connectivity index (χ3v) is 5.91. The minimum Gasteiger partial charge on any atom is -0.368 e. The molecule has 0 saturated heterocycles. The monoisotopic (exact) mass is 459 g/mol. The molecule has 0 radical (unpaired) electrons. The second-order valence-electron chi connectivity index (χ2n) is 7.88. The van der Waals surface area contributed by atoms with Crippen molar-refractivity contribution < 1.29 is 4.79 Å². The average molecular weight is 460 g/mol. The highest BCUT2D eigenvalue weighted by Gasteiger charge is 2.31. The van der Waals surface area contributed by atoms with E-state index in [2.05, 4.69) is 21.4 Å². The standard InChI is InChI=1S/C24H22ClN7O/c25-19-7-3-4-16(10-19)13-28-24-29-21(31-9-8-27-15-31)12-22(30-24)32-14-18-6-2-1-5-17(18)11-20(32)23(26)33/h1-10,12,15,20H,11,13-14H2,(H2,26,33)(H,28,29,30)/t20-/m0/s1. The lowest BCUT2D eigenvalue weighted by Crippen LogP contribution is -2.49. The van der Waals surface area contributed by atoms with Crippen LogP contribution in [0.2, 0.25) is 5.02 Å². The Morgan fingerprint density at radius 2 is 1.91 bits per heavy atom. The van der Waals surface area contributed by atoms with E-state index in [0.29, 0.717) is 42.1 Å². The maximum atomic E-state index is 12.4. The van der Waals surface area contributed by atoms with Gasteiger partial charge in [-0.1, -0.05) is 48.0 Å². The van der Waals surface area contributed by atoms with E-state index < -0.39 is 6.04 Å². The van der Waals surface area contributed by atoms with Gasteiger partial charge in [0.05, 0.1) is 0 Å². The van der Waals surface area contributed by atoms with Crippen molar-refractivity contribution in [3.8, 4) is 5.82 Å². The second-order valence-corrected chi connectivity index (χ2v) is 8.32. The molecule has 1 atom stereocenters. The van der Waals surface area contributed by atoms with Gasteiger partial charge in [0.25, 0.3) is 0 Å². The first-order chi connectivity index (χ1) is 16.1. The van der Waals surface area contributed by atoms with Crippen molar-refractivity contribution in [2.24, 2.45) is 5.73 Å². The Bertz CT molecular complexity index is 1290. The highest BCUT2D eigenvalue weighted by molar-refractivity contribution is 6.30. The van der Waals surface area contributed by atoms with E-state index in [9.17, 15) is 4.79 Å². The molecule has 0 saturated carbocycles. The third kappa shape index (κ3) is 4.51. The number of hydrogen-bond acceptors (Lipinski definition) is 6. The predicted octanol–water partition coefficient (Wildman–Crippen LogP) is 3.34. The van der Waals surface area contributed by atoms with Crippen molar-refractivity contribution in [3.63, 3.8) is 0 Å². The molecule has 2 aromatic carbocycles. The Hall–Kier alpha value is -3.91. The van der Waals surface area contributed by atoms with Gasteiger partial charge in [-0.25, -0.2) is 4.98 Å². The Morgan fingerprint density at radius 1 is 1.09 bits per heavy atom. The van der Waals surface area contributed by atoms with Gasteiger partial charge in [0.15, 0.2) is 0 Å². The van der Waals surface area contributed by atoms with Gasteiger partial charge in [0.2, 0.25) is 11.9 Å². The van der Waals surface area contributed by atoms with Crippen molar-refractivity contribution in [1.82, 2.24) is 19.5 Å². The van der Waals surface area contributed by atoms with Crippen LogP contribution >= 0.6 is 11.6 Å². The van der Waals surface area contributed by atoms with Crippen LogP contribution in [0.25, 0.3) is 5.82 Å². The molecule has 0 bridgehead atoms. The van der Waals surface area contributed by atoms with E-state index in [-0.39, 0.29) is 5.91 Å². The summed E-state index contributed by atoms with van der Waals surface area (Å²) in [5.74, 6) is 1.28. The van der Waals surface area contributed by atoms with Gasteiger partial charge in [0, 0.05) is 43.0 Å². The lowest BCUT2D eigenvalue weighted by Gasteiger charge is -2.36. The summed E-state index contributed by atoms with van der Waals surface area (Å²) < 4.78 is 1.80. The van der Waals surface area contributed by atoms with E-state index in [0.717, 1.165) is 16.7 Å². The topological polar surface area (TPSA) is 102 Å². The fourth-order valence-corrected chi connectivity index (χ4v) is 4.23. The molecular formula is C24H22ClN7O. The highest BCUT2D eigenvalue weighted by Crippen LogP contribution is 2.29. The first kappa shape index (κ1) is 21.0. The normalized spacial score (nSPS) is 15.2. The Kier molecular flexibility index (Phi) is 5.66. The summed E-state index contributed by atoms with van der Waals surface area (Å²) in [6, 6.07) is 17.0. The van der Waals surface area contributed by atoms with Crippen LogP contribution in [0, 0.1) is 0 Å². The molecule has 3 N–H and O–H groups in total. The van der Waals surface area contributed by atoms with Crippen LogP contribution in [0.15, 0.2) is 73.3 Å². The summed E-state index contributed by atoms with van der Waals surface area (Å²) in [5.41, 5.74) is 9.08. The number of amides is 1. The minimum atomic E-state index is -0.508. The molecular weight excluding hydrogens is 438 g/mol. The zero-order valence-corrected chi connectivity index (χ0v) is 18.5. The smallest absolute Gasteiger partial charge is 0.240 e. The SMILES string of the molecule is NC(=O)[C@@H]1Cc2ccccc2CN1c1cc(-n2ccnc2)nc(NCc2cccc(Cl)c2)n1. The van der Waals surface area contributed by atoms with Gasteiger partial charge < -0.3 is 16.0 Å². The summed E-state index contributed by atoms with van der Waals surface area (Å²) in [5, 5.41) is 3.94. The largest absolute Gasteiger partial charge is 0.368 e. The molecule has 0 spiro atoms. The summed E-state index contributed by atoms with van der Waals surface area (Å²) in [6.45, 7) is 1.02. The minimum absolute atomic E-state index is 0.388. The lowest BCUT2D eigenvalue weighted by molar-refractivity contribution is -0.119. The van der Waals surface area contributed by atoms with Crippen molar-refractivity contribution in [2.45, 2.75) is 25.6 Å². The molecule has 4 aromatic rings. The lowest BCUT2D eigenvalue weighted by atomic mass is 9.93. The van der Waals surface area contributed by atoms with Crippen molar-refractivity contribution in [1.29, 1.82) is 0 Å². The summed E-state index contributed by atoms with van der Waals surface area (Å²) in [4.78, 5) is 27.8. The number of fused-ring (bicyclic) bond motifs is 1. The van der Waals surface area contributed by atoms with Crippen LogP contribution in [0.1, 0.15) is 16.7 Å². The molecule has 3 heterocycles. The highest BCUT2D eigenvalue weighted by atomic mass is 35.5. The summed E-state index contributed by atoms with van der Waals surface area (Å²) in [6.07, 6.45) is 5.69. The fourth-order valence-electron chi connectivity index (χ4n) is 4.02. The molecule has 33 heavy (non-hydrogen) atoms. The summed E-state index contributed by atoms with van der Waals surface area (Å²) >= 11 is 6.11. The van der Waals surface area contributed by atoms with Gasteiger partial charge in [-0.3, -0.25) is 9.36 Å². The number of nitrogens with one attached hydrogen (secondary N) is 1. The van der Waals surface area contributed by atoms with Gasteiger partial charge in [-0.15, -0.1) is 0 Å². The number of hydrogen-bond donors (Lipinski definition) is 2. The Labute approximate surface area is 196 Å². The van der Waals surface area contributed by atoms with Gasteiger partial charge in [0.1, 0.15) is 24.0 Å². The first-order valence-corrected chi connectivity index (χ1v) is 10.9. The van der Waals surface area contributed by atoms with E-state index in [1.54, 1.807) is 17.1 Å². The number of aromatic nitrogens is 4. The Morgan fingerprint density at radius 3 is 2.67 bits per heavy atom. The predicted molar refractivity (Wildman–Crippen MR) is 127 cm³/mol. The molecule has 5 rings (SSSR count). The van der Waals surface area contributed by atoms with Crippen LogP contribution in [0.3, 0.4) is 0 Å². The number of rotatable bonds is 6. The maximum Gasteiger partial charge on any atom is 0.240 e. The number of carbonyl (C=O) groups excluding carboxylic acids is 1. The number of carbonyl (C=O) groups is 1. The molecule has 0 unspecified atom stereocenters. The molecule has 0 aliphatic carbocycles. The van der Waals surface area contributed by atoms with Gasteiger partial charge in [-0.2, -0.15) is 9.97 Å². The van der Waals surface area contributed by atoms with E-state index in [1.807, 2.05) is 59.6 Å². The van der Waals surface area contributed by atoms with Crippen LogP contribution in [0.5, 0.6) is 0 Å². The third-order valence-electron chi connectivity index (χ3n) is 5.68. The van der Waals surface area contributed by atoms with Crippen molar-refractivity contribution in [2.75, 3.05) is 10.2 Å². The zero-order chi connectivity index (χ0) is 22.8. The molecule has 0 fully saturated rings. The van der Waals surface area contributed by atoms with Crippen LogP contribution in [-0.4, -0.2) is 31.5 Å². The van der Waals surface area contributed by atoms with Gasteiger partial charge >= 0.3 is 0 Å². The molecule has 1 aliphatic heterocycles. The number of imidazole rings is 1. The molecule has 9 heteroatoms. The van der Waals surface area contributed by atoms with Crippen LogP contribution in [0.4, 0.5) is 11.8 Å². The number of benzene rings is 2. The number of anilines is 2.